The van der Waals surface area contributed by atoms with Gasteiger partial charge in [0.25, 0.3) is 0 Å². The third kappa shape index (κ3) is 2.46. The van der Waals surface area contributed by atoms with Crippen LogP contribution in [0.25, 0.3) is 0 Å². The Morgan fingerprint density at radius 3 is 2.57 bits per heavy atom. The number of nitrogens with zero attached hydrogens (tertiary/aromatic N) is 1. The number of hydrogen-bond donors (Lipinski definition) is 1. The molecule has 4 heteroatoms. The highest BCUT2D eigenvalue weighted by molar-refractivity contribution is 5.67. The maximum Gasteiger partial charge on any atom is 0.304 e. The Morgan fingerprint density at radius 2 is 2.14 bits per heavy atom. The van der Waals surface area contributed by atoms with E-state index < -0.39 is 5.60 Å². The molecule has 78 valence electrons. The summed E-state index contributed by atoms with van der Waals surface area (Å²) >= 11 is 0. The maximum absolute atomic E-state index is 10.9. The molecule has 1 heterocycles. The van der Waals surface area contributed by atoms with Crippen LogP contribution < -0.4 is 5.32 Å². The minimum Gasteiger partial charge on any atom is -0.444 e. The van der Waals surface area contributed by atoms with Gasteiger partial charge in [-0.05, 0) is 32.9 Å². The van der Waals surface area contributed by atoms with E-state index in [2.05, 4.69) is 11.4 Å². The van der Waals surface area contributed by atoms with Gasteiger partial charge in [0, 0.05) is 12.8 Å². The molecule has 0 aliphatic carbocycles. The topological polar surface area (TPSA) is 62.1 Å². The van der Waals surface area contributed by atoms with Crippen molar-refractivity contribution < 1.29 is 9.53 Å². The molecular weight excluding hydrogens is 180 g/mol. The van der Waals surface area contributed by atoms with E-state index in [1.807, 2.05) is 0 Å². The van der Waals surface area contributed by atoms with Crippen LogP contribution in [0.5, 0.6) is 0 Å². The Hall–Kier alpha value is -1.08. The number of nitrogens with one attached hydrogen (secondary N) is 1. The molecule has 14 heavy (non-hydrogen) atoms. The fraction of sp³-hybridized carbons (Fsp3) is 0.800. The molecule has 0 aromatic rings. The van der Waals surface area contributed by atoms with Crippen LogP contribution in [0, 0.1) is 17.2 Å². The Bertz CT molecular complexity index is 253. The number of ether oxygens (including phenoxy) is 1. The summed E-state index contributed by atoms with van der Waals surface area (Å²) in [5, 5.41) is 12.3. The number of rotatable bonds is 2. The summed E-state index contributed by atoms with van der Waals surface area (Å²) in [5.74, 6) is -0.231. The SMILES string of the molecule is CC(=O)OC(C)(C#N)C1CCNCC1. The van der Waals surface area contributed by atoms with Gasteiger partial charge in [-0.2, -0.15) is 5.26 Å². The zero-order valence-electron chi connectivity index (χ0n) is 8.67. The molecule has 1 rings (SSSR count). The first-order valence-electron chi connectivity index (χ1n) is 4.90. The monoisotopic (exact) mass is 196 g/mol. The van der Waals surface area contributed by atoms with Crippen LogP contribution in [0.15, 0.2) is 0 Å². The third-order valence-electron chi connectivity index (χ3n) is 2.70. The van der Waals surface area contributed by atoms with E-state index in [0.717, 1.165) is 25.9 Å². The fourth-order valence-electron chi connectivity index (χ4n) is 1.87. The average Bonchev–Trinajstić information content (AvgIpc) is 2.18. The largest absolute Gasteiger partial charge is 0.444 e. The zero-order chi connectivity index (χ0) is 10.6. The quantitative estimate of drug-likeness (QED) is 0.664. The minimum absolute atomic E-state index is 0.151. The zero-order valence-corrected chi connectivity index (χ0v) is 8.67. The lowest BCUT2D eigenvalue weighted by Crippen LogP contribution is -2.43. The summed E-state index contributed by atoms with van der Waals surface area (Å²) in [6, 6.07) is 2.11. The van der Waals surface area contributed by atoms with Crippen molar-refractivity contribution in [2.45, 2.75) is 32.3 Å². The van der Waals surface area contributed by atoms with Gasteiger partial charge in [0.15, 0.2) is 5.60 Å². The normalized spacial score (nSPS) is 22.1. The van der Waals surface area contributed by atoms with E-state index in [-0.39, 0.29) is 11.9 Å². The molecule has 0 bridgehead atoms. The summed E-state index contributed by atoms with van der Waals surface area (Å²) in [5.41, 5.74) is -0.950. The van der Waals surface area contributed by atoms with Crippen molar-refractivity contribution in [1.29, 1.82) is 5.26 Å². The van der Waals surface area contributed by atoms with E-state index in [1.165, 1.54) is 6.92 Å². The molecule has 0 aromatic carbocycles. The lowest BCUT2D eigenvalue weighted by Gasteiger charge is -2.33. The van der Waals surface area contributed by atoms with Crippen molar-refractivity contribution in [2.24, 2.45) is 5.92 Å². The van der Waals surface area contributed by atoms with E-state index in [9.17, 15) is 4.79 Å². The molecular formula is C10H16N2O2. The third-order valence-corrected chi connectivity index (χ3v) is 2.70. The van der Waals surface area contributed by atoms with Gasteiger partial charge in [-0.1, -0.05) is 0 Å². The van der Waals surface area contributed by atoms with Crippen molar-refractivity contribution in [1.82, 2.24) is 5.32 Å². The fourth-order valence-corrected chi connectivity index (χ4v) is 1.87. The molecule has 0 aromatic heterocycles. The molecule has 1 saturated heterocycles. The van der Waals surface area contributed by atoms with Gasteiger partial charge in [0.1, 0.15) is 6.07 Å². The highest BCUT2D eigenvalue weighted by atomic mass is 16.6. The van der Waals surface area contributed by atoms with Gasteiger partial charge in [-0.25, -0.2) is 0 Å². The van der Waals surface area contributed by atoms with E-state index in [4.69, 9.17) is 10.00 Å². The molecule has 0 amide bonds. The molecule has 1 fully saturated rings. The second-order valence-corrected chi connectivity index (χ2v) is 3.84. The molecule has 0 radical (unpaired) electrons. The summed E-state index contributed by atoms with van der Waals surface area (Å²) in [4.78, 5) is 10.9. The van der Waals surface area contributed by atoms with Crippen LogP contribution in [0.1, 0.15) is 26.7 Å². The Kier molecular flexibility index (Phi) is 3.48. The Labute approximate surface area is 84.2 Å². The highest BCUT2D eigenvalue weighted by Gasteiger charge is 2.38. The van der Waals surface area contributed by atoms with Crippen LogP contribution in [0.4, 0.5) is 0 Å². The first kappa shape index (κ1) is 11.0. The second-order valence-electron chi connectivity index (χ2n) is 3.84. The molecule has 1 unspecified atom stereocenters. The van der Waals surface area contributed by atoms with E-state index >= 15 is 0 Å². The second kappa shape index (κ2) is 4.43. The summed E-state index contributed by atoms with van der Waals surface area (Å²) in [6.07, 6.45) is 1.77. The molecule has 1 N–H and O–H groups in total. The Balaban J connectivity index is 2.67. The number of carbonyl (C=O) groups is 1. The summed E-state index contributed by atoms with van der Waals surface area (Å²) < 4.78 is 5.10. The van der Waals surface area contributed by atoms with Gasteiger partial charge in [-0.15, -0.1) is 0 Å². The first-order valence-corrected chi connectivity index (χ1v) is 4.90. The predicted octanol–water partition coefficient (Wildman–Crippen LogP) is 0.831. The molecule has 1 aliphatic rings. The lowest BCUT2D eigenvalue weighted by molar-refractivity contribution is -0.155. The van der Waals surface area contributed by atoms with Crippen molar-refractivity contribution >= 4 is 5.97 Å². The first-order chi connectivity index (χ1) is 6.58. The van der Waals surface area contributed by atoms with Gasteiger partial charge in [0.05, 0.1) is 0 Å². The molecule has 0 saturated carbocycles. The molecule has 4 nitrogen and oxygen atoms in total. The molecule has 0 spiro atoms. The minimum atomic E-state index is -0.950. The van der Waals surface area contributed by atoms with Crippen LogP contribution in [-0.2, 0) is 9.53 Å². The van der Waals surface area contributed by atoms with E-state index in [1.54, 1.807) is 6.92 Å². The van der Waals surface area contributed by atoms with Gasteiger partial charge >= 0.3 is 5.97 Å². The van der Waals surface area contributed by atoms with E-state index in [0.29, 0.717) is 0 Å². The summed E-state index contributed by atoms with van der Waals surface area (Å²) in [7, 11) is 0. The Morgan fingerprint density at radius 1 is 1.57 bits per heavy atom. The van der Waals surface area contributed by atoms with Crippen LogP contribution in [0.3, 0.4) is 0 Å². The smallest absolute Gasteiger partial charge is 0.304 e. The van der Waals surface area contributed by atoms with Crippen molar-refractivity contribution in [2.75, 3.05) is 13.1 Å². The summed E-state index contributed by atoms with van der Waals surface area (Å²) in [6.45, 7) is 4.83. The van der Waals surface area contributed by atoms with Crippen LogP contribution >= 0.6 is 0 Å². The van der Waals surface area contributed by atoms with Gasteiger partial charge < -0.3 is 10.1 Å². The maximum atomic E-state index is 10.9. The number of hydrogen-bond acceptors (Lipinski definition) is 4. The number of nitriles is 1. The van der Waals surface area contributed by atoms with Gasteiger partial charge in [0.2, 0.25) is 0 Å². The van der Waals surface area contributed by atoms with Crippen molar-refractivity contribution in [3.05, 3.63) is 0 Å². The number of carbonyl (C=O) groups excluding carboxylic acids is 1. The highest BCUT2D eigenvalue weighted by Crippen LogP contribution is 2.28. The standard InChI is InChI=1S/C10H16N2O2/c1-8(13)14-10(2,7-11)9-3-5-12-6-4-9/h9,12H,3-6H2,1-2H3. The predicted molar refractivity (Wildman–Crippen MR) is 51.4 cm³/mol. The van der Waals surface area contributed by atoms with Crippen molar-refractivity contribution in [3.63, 3.8) is 0 Å². The number of esters is 1. The average molecular weight is 196 g/mol. The van der Waals surface area contributed by atoms with Crippen molar-refractivity contribution in [3.8, 4) is 6.07 Å². The lowest BCUT2D eigenvalue weighted by atomic mass is 9.83. The van der Waals surface area contributed by atoms with Gasteiger partial charge in [-0.3, -0.25) is 4.79 Å². The molecule has 1 aliphatic heterocycles. The number of piperidine rings is 1. The van der Waals surface area contributed by atoms with Crippen LogP contribution in [0.2, 0.25) is 0 Å². The van der Waals surface area contributed by atoms with Crippen LogP contribution in [-0.4, -0.2) is 24.7 Å². The molecule has 1 atom stereocenters.